The molecule has 0 heterocycles. The monoisotopic (exact) mass is 265 g/mol. The van der Waals surface area contributed by atoms with Crippen LogP contribution in [0.5, 0.6) is 0 Å². The SMILES string of the molecule is CCCO[Si](CCCc1ccccc1)OCCC. The van der Waals surface area contributed by atoms with Crippen LogP contribution in [0.1, 0.15) is 38.7 Å². The van der Waals surface area contributed by atoms with E-state index in [0.717, 1.165) is 44.9 Å². The lowest BCUT2D eigenvalue weighted by atomic mass is 10.1. The van der Waals surface area contributed by atoms with Crippen molar-refractivity contribution < 1.29 is 8.85 Å². The normalized spacial score (nSPS) is 11.1. The lowest BCUT2D eigenvalue weighted by Crippen LogP contribution is -2.24. The fraction of sp³-hybridized carbons (Fsp3) is 0.600. The quantitative estimate of drug-likeness (QED) is 0.596. The predicted molar refractivity (Wildman–Crippen MR) is 77.8 cm³/mol. The molecule has 101 valence electrons. The highest BCUT2D eigenvalue weighted by atomic mass is 28.3. The van der Waals surface area contributed by atoms with E-state index < -0.39 is 9.28 Å². The minimum Gasteiger partial charge on any atom is -0.393 e. The first-order valence-corrected chi connectivity index (χ1v) is 8.54. The van der Waals surface area contributed by atoms with Crippen LogP contribution < -0.4 is 0 Å². The predicted octanol–water partition coefficient (Wildman–Crippen LogP) is 3.96. The van der Waals surface area contributed by atoms with Gasteiger partial charge in [0.1, 0.15) is 0 Å². The van der Waals surface area contributed by atoms with E-state index in [1.807, 2.05) is 0 Å². The summed E-state index contributed by atoms with van der Waals surface area (Å²) < 4.78 is 11.6. The summed E-state index contributed by atoms with van der Waals surface area (Å²) in [4.78, 5) is 0. The molecule has 0 spiro atoms. The molecule has 0 saturated carbocycles. The zero-order chi connectivity index (χ0) is 13.1. The minimum absolute atomic E-state index is 0.837. The van der Waals surface area contributed by atoms with Crippen LogP contribution in [0.2, 0.25) is 6.04 Å². The molecule has 0 saturated heterocycles. The van der Waals surface area contributed by atoms with Crippen molar-refractivity contribution in [2.24, 2.45) is 0 Å². The number of rotatable bonds is 10. The Morgan fingerprint density at radius 2 is 1.56 bits per heavy atom. The highest BCUT2D eigenvalue weighted by Crippen LogP contribution is 2.09. The first kappa shape index (κ1) is 15.4. The topological polar surface area (TPSA) is 18.5 Å². The third-order valence-electron chi connectivity index (χ3n) is 2.62. The summed E-state index contributed by atoms with van der Waals surface area (Å²) in [5.74, 6) is 0. The zero-order valence-corrected chi connectivity index (χ0v) is 12.7. The summed E-state index contributed by atoms with van der Waals surface area (Å²) in [5.41, 5.74) is 1.41. The second kappa shape index (κ2) is 10.3. The Morgan fingerprint density at radius 1 is 0.944 bits per heavy atom. The highest BCUT2D eigenvalue weighted by Gasteiger charge is 2.14. The lowest BCUT2D eigenvalue weighted by Gasteiger charge is -2.14. The van der Waals surface area contributed by atoms with Crippen molar-refractivity contribution in [3.05, 3.63) is 35.9 Å². The van der Waals surface area contributed by atoms with E-state index >= 15 is 0 Å². The molecular weight excluding hydrogens is 240 g/mol. The van der Waals surface area contributed by atoms with Crippen molar-refractivity contribution in [1.82, 2.24) is 0 Å². The van der Waals surface area contributed by atoms with E-state index in [1.165, 1.54) is 5.56 Å². The first-order valence-electron chi connectivity index (χ1n) is 7.02. The van der Waals surface area contributed by atoms with Gasteiger partial charge in [0, 0.05) is 13.2 Å². The molecule has 0 aromatic heterocycles. The summed E-state index contributed by atoms with van der Waals surface area (Å²) in [6, 6.07) is 11.7. The van der Waals surface area contributed by atoms with Gasteiger partial charge in [-0.1, -0.05) is 44.2 Å². The molecule has 0 bridgehead atoms. The summed E-state index contributed by atoms with van der Waals surface area (Å²) in [7, 11) is -1.04. The van der Waals surface area contributed by atoms with Crippen molar-refractivity contribution in [1.29, 1.82) is 0 Å². The second-order valence-corrected chi connectivity index (χ2v) is 6.23. The molecule has 2 nitrogen and oxygen atoms in total. The Morgan fingerprint density at radius 3 is 2.11 bits per heavy atom. The maximum absolute atomic E-state index is 5.81. The van der Waals surface area contributed by atoms with Crippen molar-refractivity contribution in [2.75, 3.05) is 13.2 Å². The average molecular weight is 265 g/mol. The van der Waals surface area contributed by atoms with Crippen LogP contribution in [0.4, 0.5) is 0 Å². The second-order valence-electron chi connectivity index (χ2n) is 4.41. The maximum Gasteiger partial charge on any atom is 0.384 e. The highest BCUT2D eigenvalue weighted by molar-refractivity contribution is 6.44. The standard InChI is InChI=1S/C15H25O2Si/c1-3-12-16-18(17-13-4-2)14-8-11-15-9-6-5-7-10-15/h5-7,9-10H,3-4,8,11-14H2,1-2H3. The fourth-order valence-corrected chi connectivity index (χ4v) is 3.40. The van der Waals surface area contributed by atoms with Crippen molar-refractivity contribution in [2.45, 2.75) is 45.6 Å². The molecule has 0 N–H and O–H groups in total. The van der Waals surface area contributed by atoms with Crippen LogP contribution >= 0.6 is 0 Å². The van der Waals surface area contributed by atoms with Crippen LogP contribution in [0, 0.1) is 0 Å². The Balaban J connectivity index is 2.23. The third kappa shape index (κ3) is 6.94. The van der Waals surface area contributed by atoms with Gasteiger partial charge in [0.15, 0.2) is 0 Å². The van der Waals surface area contributed by atoms with Gasteiger partial charge in [-0.2, -0.15) is 0 Å². The number of hydrogen-bond acceptors (Lipinski definition) is 2. The van der Waals surface area contributed by atoms with Gasteiger partial charge in [-0.05, 0) is 37.3 Å². The van der Waals surface area contributed by atoms with Gasteiger partial charge in [-0.15, -0.1) is 0 Å². The molecule has 0 fully saturated rings. The van der Waals surface area contributed by atoms with Crippen molar-refractivity contribution in [3.8, 4) is 0 Å². The number of aryl methyl sites for hydroxylation is 1. The van der Waals surface area contributed by atoms with Crippen LogP contribution in [-0.2, 0) is 15.3 Å². The Hall–Kier alpha value is -0.643. The molecule has 0 atom stereocenters. The first-order chi connectivity index (χ1) is 8.86. The minimum atomic E-state index is -1.04. The molecule has 18 heavy (non-hydrogen) atoms. The number of hydrogen-bond donors (Lipinski definition) is 0. The molecular formula is C15H25O2Si. The molecule has 0 amide bonds. The molecule has 1 rings (SSSR count). The molecule has 0 aliphatic rings. The van der Waals surface area contributed by atoms with Gasteiger partial charge >= 0.3 is 9.28 Å². The lowest BCUT2D eigenvalue weighted by molar-refractivity contribution is 0.196. The molecule has 0 aliphatic heterocycles. The Bertz CT molecular complexity index is 282. The molecule has 1 aromatic rings. The van der Waals surface area contributed by atoms with Crippen molar-refractivity contribution >= 4 is 9.28 Å². The molecule has 3 heteroatoms. The summed E-state index contributed by atoms with van der Waals surface area (Å²) in [6.07, 6.45) is 4.43. The van der Waals surface area contributed by atoms with E-state index in [0.29, 0.717) is 0 Å². The average Bonchev–Trinajstić information content (AvgIpc) is 2.42. The summed E-state index contributed by atoms with van der Waals surface area (Å²) >= 11 is 0. The maximum atomic E-state index is 5.81. The van der Waals surface area contributed by atoms with E-state index in [1.54, 1.807) is 0 Å². The molecule has 0 unspecified atom stereocenters. The van der Waals surface area contributed by atoms with E-state index in [-0.39, 0.29) is 0 Å². The van der Waals surface area contributed by atoms with Crippen molar-refractivity contribution in [3.63, 3.8) is 0 Å². The van der Waals surface area contributed by atoms with Crippen LogP contribution in [0.15, 0.2) is 30.3 Å². The molecule has 0 aliphatic carbocycles. The van der Waals surface area contributed by atoms with E-state index in [4.69, 9.17) is 8.85 Å². The Kier molecular flexibility index (Phi) is 8.82. The van der Waals surface area contributed by atoms with Crippen LogP contribution in [0.25, 0.3) is 0 Å². The van der Waals surface area contributed by atoms with Gasteiger partial charge in [0.25, 0.3) is 0 Å². The third-order valence-corrected chi connectivity index (χ3v) is 4.44. The summed E-state index contributed by atoms with van der Waals surface area (Å²) in [6.45, 7) is 5.96. The van der Waals surface area contributed by atoms with E-state index in [9.17, 15) is 0 Å². The zero-order valence-electron chi connectivity index (χ0n) is 11.7. The largest absolute Gasteiger partial charge is 0.393 e. The molecule has 1 aromatic carbocycles. The van der Waals surface area contributed by atoms with Crippen LogP contribution in [-0.4, -0.2) is 22.5 Å². The van der Waals surface area contributed by atoms with Gasteiger partial charge in [-0.25, -0.2) is 0 Å². The summed E-state index contributed by atoms with van der Waals surface area (Å²) in [5, 5.41) is 0. The smallest absolute Gasteiger partial charge is 0.384 e. The van der Waals surface area contributed by atoms with Crippen LogP contribution in [0.3, 0.4) is 0 Å². The Labute approximate surface area is 113 Å². The van der Waals surface area contributed by atoms with E-state index in [2.05, 4.69) is 44.2 Å². The fourth-order valence-electron chi connectivity index (χ4n) is 1.70. The van der Waals surface area contributed by atoms with Gasteiger partial charge in [-0.3, -0.25) is 0 Å². The number of benzene rings is 1. The van der Waals surface area contributed by atoms with Gasteiger partial charge < -0.3 is 8.85 Å². The van der Waals surface area contributed by atoms with Gasteiger partial charge in [0.2, 0.25) is 0 Å². The molecule has 1 radical (unpaired) electrons. The van der Waals surface area contributed by atoms with Gasteiger partial charge in [0.05, 0.1) is 0 Å².